The number of alkyl halides is 3. The van der Waals surface area contributed by atoms with Gasteiger partial charge in [0.25, 0.3) is 5.91 Å². The molecule has 0 aliphatic rings. The lowest BCUT2D eigenvalue weighted by atomic mass is 10.1. The van der Waals surface area contributed by atoms with E-state index in [1.54, 1.807) is 42.7 Å². The van der Waals surface area contributed by atoms with Crippen molar-refractivity contribution in [2.75, 3.05) is 16.3 Å². The average Bonchev–Trinajstić information content (AvgIpc) is 3.06. The first-order valence-electron chi connectivity index (χ1n) is 9.48. The molecule has 2 aromatic carbocycles. The second-order valence-corrected chi connectivity index (χ2v) is 8.76. The number of aromatic nitrogens is 2. The minimum Gasteiger partial charge on any atom is -0.475 e. The van der Waals surface area contributed by atoms with Crippen LogP contribution >= 0.6 is 0 Å². The number of hydrogen-bond acceptors (Lipinski definition) is 5. The van der Waals surface area contributed by atoms with Crippen molar-refractivity contribution in [2.45, 2.75) is 20.0 Å². The number of nitrogens with one attached hydrogen (secondary N) is 2. The number of nitrogens with zero attached hydrogens (tertiary/aromatic N) is 2. The van der Waals surface area contributed by atoms with E-state index in [1.807, 2.05) is 30.5 Å². The van der Waals surface area contributed by atoms with Gasteiger partial charge in [0.15, 0.2) is 0 Å². The number of anilines is 2. The fourth-order valence-electron chi connectivity index (χ4n) is 2.63. The molecule has 3 N–H and O–H groups in total. The molecule has 0 saturated carbocycles. The first-order chi connectivity index (χ1) is 15.7. The van der Waals surface area contributed by atoms with Crippen LogP contribution in [0.25, 0.3) is 5.69 Å². The zero-order valence-electron chi connectivity index (χ0n) is 18.2. The summed E-state index contributed by atoms with van der Waals surface area (Å²) in [5.41, 5.74) is 4.03. The number of aliphatic carboxylic acids is 1. The minimum atomic E-state index is -5.08. The summed E-state index contributed by atoms with van der Waals surface area (Å²) in [5, 5.41) is 9.91. The quantitative estimate of drug-likeness (QED) is 0.491. The van der Waals surface area contributed by atoms with Crippen molar-refractivity contribution in [1.29, 1.82) is 0 Å². The third-order valence-electron chi connectivity index (χ3n) is 4.36. The molecule has 0 aliphatic heterocycles. The Labute approximate surface area is 193 Å². The summed E-state index contributed by atoms with van der Waals surface area (Å²) in [5.74, 6) is -3.16. The van der Waals surface area contributed by atoms with E-state index >= 15 is 0 Å². The van der Waals surface area contributed by atoms with Gasteiger partial charge in [-0.2, -0.15) is 13.2 Å². The second-order valence-electron chi connectivity index (χ2n) is 7.01. The summed E-state index contributed by atoms with van der Waals surface area (Å²) in [6, 6.07) is 13.8. The predicted molar refractivity (Wildman–Crippen MR) is 120 cm³/mol. The van der Waals surface area contributed by atoms with Gasteiger partial charge in [0.1, 0.15) is 0 Å². The summed E-state index contributed by atoms with van der Waals surface area (Å²) >= 11 is 0. The lowest BCUT2D eigenvalue weighted by Crippen LogP contribution is -2.21. The van der Waals surface area contributed by atoms with Crippen molar-refractivity contribution in [1.82, 2.24) is 9.55 Å². The first-order valence-corrected chi connectivity index (χ1v) is 11.4. The SMILES string of the molecule is Cc1ncn(-c2ccc(NC(=O)c3ccccc3NS(C)(=O)=O)cc2)c1C.O=C(O)C(F)(F)F. The van der Waals surface area contributed by atoms with Crippen LogP contribution in [-0.4, -0.2) is 47.4 Å². The van der Waals surface area contributed by atoms with E-state index in [-0.39, 0.29) is 11.3 Å². The molecule has 0 unspecified atom stereocenters. The predicted octanol–water partition coefficient (Wildman–Crippen LogP) is 3.75. The molecule has 0 fully saturated rings. The molecule has 0 spiro atoms. The van der Waals surface area contributed by atoms with Gasteiger partial charge in [0.05, 0.1) is 29.5 Å². The van der Waals surface area contributed by atoms with Crippen molar-refractivity contribution in [2.24, 2.45) is 0 Å². The molecule has 34 heavy (non-hydrogen) atoms. The number of halogens is 3. The fraction of sp³-hybridized carbons (Fsp3) is 0.190. The Kier molecular flexibility index (Phi) is 8.05. The van der Waals surface area contributed by atoms with Crippen molar-refractivity contribution >= 4 is 33.3 Å². The van der Waals surface area contributed by atoms with Crippen LogP contribution in [0.1, 0.15) is 21.7 Å². The Hall–Kier alpha value is -3.87. The van der Waals surface area contributed by atoms with E-state index in [4.69, 9.17) is 9.90 Å². The average molecular weight is 498 g/mol. The molecule has 1 amide bonds. The number of carbonyl (C=O) groups is 2. The second kappa shape index (κ2) is 10.4. The molecule has 3 rings (SSSR count). The maximum absolute atomic E-state index is 12.6. The zero-order valence-corrected chi connectivity index (χ0v) is 19.0. The Morgan fingerprint density at radius 1 is 1.03 bits per heavy atom. The maximum Gasteiger partial charge on any atom is 0.490 e. The van der Waals surface area contributed by atoms with E-state index in [0.29, 0.717) is 5.69 Å². The van der Waals surface area contributed by atoms with Crippen LogP contribution in [0, 0.1) is 13.8 Å². The van der Waals surface area contributed by atoms with Gasteiger partial charge in [-0.15, -0.1) is 0 Å². The monoisotopic (exact) mass is 498 g/mol. The van der Waals surface area contributed by atoms with Crippen LogP contribution in [-0.2, 0) is 14.8 Å². The summed E-state index contributed by atoms with van der Waals surface area (Å²) < 4.78 is 59.0. The number of sulfonamides is 1. The normalized spacial score (nSPS) is 11.2. The summed E-state index contributed by atoms with van der Waals surface area (Å²) in [7, 11) is -3.48. The third-order valence-corrected chi connectivity index (χ3v) is 4.96. The third kappa shape index (κ3) is 7.33. The number of imidazole rings is 1. The molecule has 0 aliphatic carbocycles. The Bertz CT molecular complexity index is 1290. The van der Waals surface area contributed by atoms with Crippen LogP contribution < -0.4 is 10.0 Å². The number of carbonyl (C=O) groups excluding carboxylic acids is 1. The van der Waals surface area contributed by atoms with E-state index in [0.717, 1.165) is 23.3 Å². The molecular weight excluding hydrogens is 477 g/mol. The standard InChI is InChI=1S/C19H20N4O3S.C2HF3O2/c1-13-14(2)23(12-20-13)16-10-8-15(9-11-16)21-19(24)17-6-4-5-7-18(17)22-27(3,25)26;3-2(4,5)1(6)7/h4-12,22H,1-3H3,(H,21,24);(H,6,7). The van der Waals surface area contributed by atoms with Crippen LogP contribution in [0.15, 0.2) is 54.9 Å². The first kappa shape index (κ1) is 26.4. The Morgan fingerprint density at radius 3 is 2.06 bits per heavy atom. The molecule has 13 heteroatoms. The molecule has 3 aromatic rings. The number of hydrogen-bond donors (Lipinski definition) is 3. The molecule has 0 bridgehead atoms. The van der Waals surface area contributed by atoms with Gasteiger partial charge in [0.2, 0.25) is 10.0 Å². The highest BCUT2D eigenvalue weighted by molar-refractivity contribution is 7.92. The van der Waals surface area contributed by atoms with Gasteiger partial charge >= 0.3 is 12.1 Å². The molecule has 1 heterocycles. The van der Waals surface area contributed by atoms with E-state index in [2.05, 4.69) is 15.0 Å². The number of carboxylic acids is 1. The van der Waals surface area contributed by atoms with Crippen LogP contribution in [0.2, 0.25) is 0 Å². The van der Waals surface area contributed by atoms with E-state index < -0.39 is 28.1 Å². The fourth-order valence-corrected chi connectivity index (χ4v) is 3.21. The number of amides is 1. The Morgan fingerprint density at radius 2 is 1.59 bits per heavy atom. The highest BCUT2D eigenvalue weighted by Crippen LogP contribution is 2.20. The van der Waals surface area contributed by atoms with Crippen molar-refractivity contribution in [3.8, 4) is 5.69 Å². The lowest BCUT2D eigenvalue weighted by Gasteiger charge is -2.12. The summed E-state index contributed by atoms with van der Waals surface area (Å²) in [6.45, 7) is 3.94. The summed E-state index contributed by atoms with van der Waals surface area (Å²) in [4.78, 5) is 25.7. The van der Waals surface area contributed by atoms with Crippen LogP contribution in [0.3, 0.4) is 0 Å². The molecule has 1 aromatic heterocycles. The van der Waals surface area contributed by atoms with Gasteiger partial charge in [0, 0.05) is 17.1 Å². The van der Waals surface area contributed by atoms with E-state index in [9.17, 15) is 26.4 Å². The van der Waals surface area contributed by atoms with Crippen molar-refractivity contribution in [3.63, 3.8) is 0 Å². The van der Waals surface area contributed by atoms with Gasteiger partial charge in [-0.3, -0.25) is 9.52 Å². The smallest absolute Gasteiger partial charge is 0.475 e. The molecule has 0 atom stereocenters. The molecule has 9 nitrogen and oxygen atoms in total. The number of rotatable bonds is 5. The largest absolute Gasteiger partial charge is 0.490 e. The number of carboxylic acid groups (broad SMARTS) is 1. The van der Waals surface area contributed by atoms with Crippen LogP contribution in [0.5, 0.6) is 0 Å². The molecule has 0 saturated heterocycles. The molecular formula is C21H21F3N4O5S. The highest BCUT2D eigenvalue weighted by Gasteiger charge is 2.38. The van der Waals surface area contributed by atoms with Gasteiger partial charge in [-0.1, -0.05) is 12.1 Å². The highest BCUT2D eigenvalue weighted by atomic mass is 32.2. The van der Waals surface area contributed by atoms with Gasteiger partial charge in [-0.05, 0) is 50.2 Å². The van der Waals surface area contributed by atoms with Crippen LogP contribution in [0.4, 0.5) is 24.5 Å². The van der Waals surface area contributed by atoms with Crippen molar-refractivity contribution in [3.05, 3.63) is 71.8 Å². The number of aryl methyl sites for hydroxylation is 1. The van der Waals surface area contributed by atoms with Gasteiger partial charge < -0.3 is 15.0 Å². The maximum atomic E-state index is 12.6. The topological polar surface area (TPSA) is 130 Å². The number of benzene rings is 2. The molecule has 182 valence electrons. The molecule has 0 radical (unpaired) electrons. The van der Waals surface area contributed by atoms with E-state index in [1.165, 1.54) is 0 Å². The van der Waals surface area contributed by atoms with Gasteiger partial charge in [-0.25, -0.2) is 18.2 Å². The summed E-state index contributed by atoms with van der Waals surface area (Å²) in [6.07, 6.45) is -2.29. The number of para-hydroxylation sites is 1. The Balaban J connectivity index is 0.000000509. The van der Waals surface area contributed by atoms with Crippen molar-refractivity contribution < 1.29 is 36.3 Å². The zero-order chi connectivity index (χ0) is 25.7. The lowest BCUT2D eigenvalue weighted by molar-refractivity contribution is -0.192. The minimum absolute atomic E-state index is 0.235.